The van der Waals surface area contributed by atoms with E-state index in [9.17, 15) is 4.79 Å². The van der Waals surface area contributed by atoms with E-state index in [0.717, 1.165) is 17.0 Å². The number of rotatable bonds is 8. The Labute approximate surface area is 220 Å². The molecule has 1 heterocycles. The topological polar surface area (TPSA) is 75.6 Å². The summed E-state index contributed by atoms with van der Waals surface area (Å²) in [5, 5.41) is 8.17. The molecule has 2 N–H and O–H groups in total. The molecular formula is C28H27ClN4O2S. The minimum absolute atomic E-state index is 0.106. The van der Waals surface area contributed by atoms with Crippen molar-refractivity contribution in [1.82, 2.24) is 10.4 Å². The van der Waals surface area contributed by atoms with E-state index >= 15 is 0 Å². The van der Waals surface area contributed by atoms with Gasteiger partial charge in [-0.3, -0.25) is 4.79 Å². The third-order valence-electron chi connectivity index (χ3n) is 5.32. The fourth-order valence-corrected chi connectivity index (χ4v) is 4.32. The van der Waals surface area contributed by atoms with Gasteiger partial charge in [-0.05, 0) is 52.9 Å². The van der Waals surface area contributed by atoms with Crippen LogP contribution in [-0.2, 0) is 12.0 Å². The number of ether oxygens (including phenoxy) is 1. The number of anilines is 2. The number of para-hydroxylation sites is 1. The van der Waals surface area contributed by atoms with Gasteiger partial charge < -0.3 is 10.1 Å². The maximum atomic E-state index is 12.5. The number of carbonyl (C=O) groups excluding carboxylic acids is 1. The molecule has 184 valence electrons. The Bertz CT molecular complexity index is 1330. The number of hydrazone groups is 1. The molecule has 8 heteroatoms. The normalized spacial score (nSPS) is 11.4. The van der Waals surface area contributed by atoms with Gasteiger partial charge in [0.25, 0.3) is 5.91 Å². The van der Waals surface area contributed by atoms with E-state index in [1.165, 1.54) is 23.1 Å². The van der Waals surface area contributed by atoms with E-state index in [1.807, 2.05) is 54.6 Å². The Kier molecular flexibility index (Phi) is 8.03. The molecular weight excluding hydrogens is 492 g/mol. The smallest absolute Gasteiger partial charge is 0.271 e. The van der Waals surface area contributed by atoms with Crippen molar-refractivity contribution in [2.45, 2.75) is 32.8 Å². The first-order valence-corrected chi connectivity index (χ1v) is 12.6. The van der Waals surface area contributed by atoms with Crippen molar-refractivity contribution in [2.24, 2.45) is 5.10 Å². The second-order valence-corrected chi connectivity index (χ2v) is 10.5. The number of aromatic nitrogens is 1. The minimum atomic E-state index is -0.320. The zero-order valence-corrected chi connectivity index (χ0v) is 21.9. The molecule has 0 saturated carbocycles. The Morgan fingerprint density at radius 3 is 2.39 bits per heavy atom. The summed E-state index contributed by atoms with van der Waals surface area (Å²) in [6.07, 6.45) is 1.49. The first kappa shape index (κ1) is 25.4. The van der Waals surface area contributed by atoms with E-state index in [0.29, 0.717) is 27.3 Å². The Morgan fingerprint density at radius 1 is 1.03 bits per heavy atom. The highest BCUT2D eigenvalue weighted by molar-refractivity contribution is 7.17. The van der Waals surface area contributed by atoms with Gasteiger partial charge in [-0.25, -0.2) is 10.4 Å². The van der Waals surface area contributed by atoms with E-state index in [-0.39, 0.29) is 11.3 Å². The standard InChI is InChI=1S/C28H27ClN4O2S/c1-28(2,3)21-13-15-23(16-14-21)35-18-19-9-11-20(12-10-19)26(34)33-30-17-24-25(29)32-27(36-24)31-22-7-5-4-6-8-22/h4-17H,18H2,1-3H3,(H,31,32)(H,33,34)/b30-17+. The lowest BCUT2D eigenvalue weighted by molar-refractivity contribution is 0.0955. The molecule has 0 unspecified atom stereocenters. The van der Waals surface area contributed by atoms with Crippen LogP contribution in [0, 0.1) is 0 Å². The molecule has 0 bridgehead atoms. The summed E-state index contributed by atoms with van der Waals surface area (Å²) in [7, 11) is 0. The summed E-state index contributed by atoms with van der Waals surface area (Å²) in [6.45, 7) is 6.96. The van der Waals surface area contributed by atoms with Gasteiger partial charge in [0.05, 0.1) is 11.1 Å². The van der Waals surface area contributed by atoms with Crippen molar-refractivity contribution in [3.05, 3.63) is 106 Å². The number of halogens is 1. The summed E-state index contributed by atoms with van der Waals surface area (Å²) in [5.41, 5.74) is 6.26. The fourth-order valence-electron chi connectivity index (χ4n) is 3.28. The van der Waals surface area contributed by atoms with Gasteiger partial charge in [-0.2, -0.15) is 5.10 Å². The third-order valence-corrected chi connectivity index (χ3v) is 6.63. The van der Waals surface area contributed by atoms with Crippen LogP contribution in [0.15, 0.2) is 84.0 Å². The highest BCUT2D eigenvalue weighted by Gasteiger charge is 2.13. The Morgan fingerprint density at radius 2 is 1.72 bits per heavy atom. The van der Waals surface area contributed by atoms with Crippen LogP contribution >= 0.6 is 22.9 Å². The largest absolute Gasteiger partial charge is 0.489 e. The number of benzene rings is 3. The number of thiazole rings is 1. The summed E-state index contributed by atoms with van der Waals surface area (Å²) >= 11 is 7.55. The highest BCUT2D eigenvalue weighted by atomic mass is 35.5. The van der Waals surface area contributed by atoms with Crippen LogP contribution in [-0.4, -0.2) is 17.1 Å². The summed E-state index contributed by atoms with van der Waals surface area (Å²) < 4.78 is 5.88. The van der Waals surface area contributed by atoms with Crippen molar-refractivity contribution in [3.63, 3.8) is 0 Å². The molecule has 0 aliphatic rings. The number of hydrogen-bond donors (Lipinski definition) is 2. The average molecular weight is 519 g/mol. The van der Waals surface area contributed by atoms with Gasteiger partial charge in [0.2, 0.25) is 0 Å². The van der Waals surface area contributed by atoms with E-state index < -0.39 is 0 Å². The number of nitrogens with zero attached hydrogens (tertiary/aromatic N) is 2. The maximum Gasteiger partial charge on any atom is 0.271 e. The molecule has 0 fully saturated rings. The summed E-state index contributed by atoms with van der Waals surface area (Å²) in [5.74, 6) is 0.489. The van der Waals surface area contributed by atoms with Crippen LogP contribution in [0.5, 0.6) is 5.75 Å². The molecule has 0 saturated heterocycles. The monoisotopic (exact) mass is 518 g/mol. The zero-order chi connectivity index (χ0) is 25.5. The van der Waals surface area contributed by atoms with Gasteiger partial charge in [-0.15, -0.1) is 0 Å². The van der Waals surface area contributed by atoms with Crippen LogP contribution in [0.4, 0.5) is 10.8 Å². The maximum absolute atomic E-state index is 12.5. The summed E-state index contributed by atoms with van der Waals surface area (Å²) in [4.78, 5) is 17.4. The predicted octanol–water partition coefficient (Wildman–Crippen LogP) is 7.18. The highest BCUT2D eigenvalue weighted by Crippen LogP contribution is 2.28. The molecule has 6 nitrogen and oxygen atoms in total. The summed E-state index contributed by atoms with van der Waals surface area (Å²) in [6, 6.07) is 25.0. The SMILES string of the molecule is CC(C)(C)c1ccc(OCc2ccc(C(=O)N/N=C/c3sc(Nc4ccccc4)nc3Cl)cc2)cc1. The molecule has 1 amide bonds. The van der Waals surface area contributed by atoms with Gasteiger partial charge >= 0.3 is 0 Å². The second-order valence-electron chi connectivity index (χ2n) is 9.12. The molecule has 0 aliphatic heterocycles. The number of hydrogen-bond acceptors (Lipinski definition) is 6. The van der Waals surface area contributed by atoms with Crippen molar-refractivity contribution in [2.75, 3.05) is 5.32 Å². The Balaban J connectivity index is 1.28. The van der Waals surface area contributed by atoms with Crippen LogP contribution in [0.25, 0.3) is 0 Å². The lowest BCUT2D eigenvalue weighted by Crippen LogP contribution is -2.17. The van der Waals surface area contributed by atoms with Gasteiger partial charge in [-0.1, -0.05) is 86.2 Å². The molecule has 0 radical (unpaired) electrons. The van der Waals surface area contributed by atoms with Crippen LogP contribution in [0.3, 0.4) is 0 Å². The lowest BCUT2D eigenvalue weighted by Gasteiger charge is -2.19. The quantitative estimate of drug-likeness (QED) is 0.191. The van der Waals surface area contributed by atoms with E-state index in [2.05, 4.69) is 53.7 Å². The zero-order valence-electron chi connectivity index (χ0n) is 20.3. The molecule has 4 aromatic rings. The number of carbonyl (C=O) groups is 1. The average Bonchev–Trinajstić information content (AvgIpc) is 3.21. The third kappa shape index (κ3) is 6.93. The lowest BCUT2D eigenvalue weighted by atomic mass is 9.87. The van der Waals surface area contributed by atoms with Crippen LogP contribution in [0.2, 0.25) is 5.15 Å². The van der Waals surface area contributed by atoms with Gasteiger partial charge in [0.1, 0.15) is 12.4 Å². The van der Waals surface area contributed by atoms with Crippen LogP contribution < -0.4 is 15.5 Å². The molecule has 0 spiro atoms. The predicted molar refractivity (Wildman–Crippen MR) is 148 cm³/mol. The molecule has 1 aromatic heterocycles. The fraction of sp³-hybridized carbons (Fsp3) is 0.179. The number of amides is 1. The first-order chi connectivity index (χ1) is 17.3. The second kappa shape index (κ2) is 11.4. The number of nitrogens with one attached hydrogen (secondary N) is 2. The molecule has 0 atom stereocenters. The molecule has 3 aromatic carbocycles. The van der Waals surface area contributed by atoms with Crippen molar-refractivity contribution in [1.29, 1.82) is 0 Å². The first-order valence-electron chi connectivity index (χ1n) is 11.4. The van der Waals surface area contributed by atoms with Crippen LogP contribution in [0.1, 0.15) is 47.1 Å². The van der Waals surface area contributed by atoms with Crippen molar-refractivity contribution < 1.29 is 9.53 Å². The minimum Gasteiger partial charge on any atom is -0.489 e. The Hall–Kier alpha value is -3.68. The molecule has 36 heavy (non-hydrogen) atoms. The van der Waals surface area contributed by atoms with Crippen molar-refractivity contribution >= 4 is 45.9 Å². The molecule has 0 aliphatic carbocycles. The molecule has 4 rings (SSSR count). The van der Waals surface area contributed by atoms with E-state index in [1.54, 1.807) is 12.1 Å². The van der Waals surface area contributed by atoms with Crippen molar-refractivity contribution in [3.8, 4) is 5.75 Å². The van der Waals surface area contributed by atoms with Gasteiger partial charge in [0.15, 0.2) is 10.3 Å². The van der Waals surface area contributed by atoms with Gasteiger partial charge in [0, 0.05) is 11.3 Å². The van der Waals surface area contributed by atoms with E-state index in [4.69, 9.17) is 16.3 Å².